The third-order valence-electron chi connectivity index (χ3n) is 2.74. The maximum absolute atomic E-state index is 11.1. The summed E-state index contributed by atoms with van der Waals surface area (Å²) in [5.41, 5.74) is 0. The van der Waals surface area contributed by atoms with Gasteiger partial charge in [0.15, 0.2) is 6.23 Å². The van der Waals surface area contributed by atoms with Crippen molar-refractivity contribution in [2.45, 2.75) is 19.1 Å². The molecule has 17 heavy (non-hydrogen) atoms. The molecule has 2 aliphatic heterocycles. The first-order valence-electron chi connectivity index (χ1n) is 5.50. The molecule has 0 saturated carbocycles. The summed E-state index contributed by atoms with van der Waals surface area (Å²) >= 11 is 1.65. The minimum Gasteiger partial charge on any atom is -0.473 e. The van der Waals surface area contributed by atoms with Gasteiger partial charge in [-0.3, -0.25) is 14.5 Å². The van der Waals surface area contributed by atoms with Gasteiger partial charge in [-0.15, -0.1) is 0 Å². The second-order valence-electron chi connectivity index (χ2n) is 3.87. The first-order chi connectivity index (χ1) is 8.20. The Bertz CT molecular complexity index is 355. The van der Waals surface area contributed by atoms with E-state index in [1.165, 1.54) is 7.11 Å². The summed E-state index contributed by atoms with van der Waals surface area (Å²) in [6.07, 6.45) is 2.90. The van der Waals surface area contributed by atoms with Crippen LogP contribution in [0.25, 0.3) is 0 Å². The highest BCUT2D eigenvalue weighted by Crippen LogP contribution is 2.30. The topological polar surface area (TPSA) is 55.8 Å². The van der Waals surface area contributed by atoms with Gasteiger partial charge in [-0.05, 0) is 6.08 Å². The molecular weight excluding hydrogens is 242 g/mol. The largest absolute Gasteiger partial charge is 0.473 e. The molecule has 0 spiro atoms. The molecule has 1 amide bonds. The monoisotopic (exact) mass is 257 g/mol. The molecular formula is C11H15NO4S. The molecule has 2 rings (SSSR count). The minimum absolute atomic E-state index is 0.0196. The Hall–Kier alpha value is -1.17. The normalized spacial score (nSPS) is 24.3. The van der Waals surface area contributed by atoms with Crippen LogP contribution in [-0.4, -0.2) is 48.2 Å². The summed E-state index contributed by atoms with van der Waals surface area (Å²) in [6, 6.07) is 0. The lowest BCUT2D eigenvalue weighted by molar-refractivity contribution is -0.154. The molecule has 0 aromatic rings. The molecule has 0 aromatic carbocycles. The zero-order valence-corrected chi connectivity index (χ0v) is 10.5. The number of fused-ring (bicyclic) bond motifs is 1. The number of esters is 1. The summed E-state index contributed by atoms with van der Waals surface area (Å²) in [6.45, 7) is 0.598. The average molecular weight is 257 g/mol. The molecule has 0 aliphatic carbocycles. The van der Waals surface area contributed by atoms with Gasteiger partial charge in [0.25, 0.3) is 0 Å². The summed E-state index contributed by atoms with van der Waals surface area (Å²) in [5, 5.41) is 0. The predicted octanol–water partition coefficient (Wildman–Crippen LogP) is 0.755. The number of nitrogens with zero attached hydrogens (tertiary/aromatic N) is 1. The van der Waals surface area contributed by atoms with E-state index in [-0.39, 0.29) is 18.1 Å². The fourth-order valence-corrected chi connectivity index (χ4v) is 2.49. The fourth-order valence-electron chi connectivity index (χ4n) is 1.71. The Morgan fingerprint density at radius 1 is 1.71 bits per heavy atom. The van der Waals surface area contributed by atoms with E-state index in [1.807, 2.05) is 6.08 Å². The second kappa shape index (κ2) is 5.44. The van der Waals surface area contributed by atoms with Gasteiger partial charge in [0.2, 0.25) is 5.91 Å². The van der Waals surface area contributed by atoms with Crippen LogP contribution in [0.15, 0.2) is 11.8 Å². The van der Waals surface area contributed by atoms with Crippen LogP contribution >= 0.6 is 11.8 Å². The van der Waals surface area contributed by atoms with Crippen molar-refractivity contribution in [2.75, 3.05) is 25.2 Å². The zero-order valence-electron chi connectivity index (χ0n) is 9.68. The third kappa shape index (κ3) is 2.94. The van der Waals surface area contributed by atoms with Gasteiger partial charge in [-0.25, -0.2) is 0 Å². The van der Waals surface area contributed by atoms with E-state index in [0.29, 0.717) is 19.4 Å². The Morgan fingerprint density at radius 2 is 2.53 bits per heavy atom. The van der Waals surface area contributed by atoms with Crippen LogP contribution in [0.5, 0.6) is 0 Å². The van der Waals surface area contributed by atoms with Crippen molar-refractivity contribution in [3.63, 3.8) is 0 Å². The number of rotatable bonds is 5. The second-order valence-corrected chi connectivity index (χ2v) is 5.02. The molecule has 0 bridgehead atoms. The molecule has 0 unspecified atom stereocenters. The highest BCUT2D eigenvalue weighted by molar-refractivity contribution is 7.99. The SMILES string of the molecule is COC(=O)CCSCC=C1CN2C(=O)C[C@H]2O1. The summed E-state index contributed by atoms with van der Waals surface area (Å²) in [7, 11) is 1.39. The van der Waals surface area contributed by atoms with E-state index < -0.39 is 0 Å². The number of thioether (sulfide) groups is 1. The van der Waals surface area contributed by atoms with E-state index in [2.05, 4.69) is 4.74 Å². The lowest BCUT2D eigenvalue weighted by Gasteiger charge is -2.30. The number of amides is 1. The third-order valence-corrected chi connectivity index (χ3v) is 3.63. The van der Waals surface area contributed by atoms with Gasteiger partial charge >= 0.3 is 5.97 Å². The average Bonchev–Trinajstić information content (AvgIpc) is 2.65. The molecule has 2 fully saturated rings. The van der Waals surface area contributed by atoms with Gasteiger partial charge < -0.3 is 9.47 Å². The van der Waals surface area contributed by atoms with Crippen molar-refractivity contribution >= 4 is 23.6 Å². The lowest BCUT2D eigenvalue weighted by atomic mass is 10.2. The van der Waals surface area contributed by atoms with Crippen LogP contribution in [0, 0.1) is 0 Å². The molecule has 94 valence electrons. The van der Waals surface area contributed by atoms with E-state index in [1.54, 1.807) is 16.7 Å². The fraction of sp³-hybridized carbons (Fsp3) is 0.636. The smallest absolute Gasteiger partial charge is 0.306 e. The summed E-state index contributed by atoms with van der Waals surface area (Å²) in [4.78, 5) is 23.7. The van der Waals surface area contributed by atoms with Gasteiger partial charge in [0, 0.05) is 11.5 Å². The van der Waals surface area contributed by atoms with Crippen molar-refractivity contribution in [3.05, 3.63) is 11.8 Å². The zero-order chi connectivity index (χ0) is 12.3. The quantitative estimate of drug-likeness (QED) is 0.413. The highest BCUT2D eigenvalue weighted by atomic mass is 32.2. The number of carbonyl (C=O) groups excluding carboxylic acids is 2. The van der Waals surface area contributed by atoms with Crippen LogP contribution in [0.3, 0.4) is 0 Å². The van der Waals surface area contributed by atoms with Gasteiger partial charge in [0.05, 0.1) is 26.5 Å². The van der Waals surface area contributed by atoms with E-state index in [4.69, 9.17) is 4.74 Å². The Kier molecular flexibility index (Phi) is 3.93. The van der Waals surface area contributed by atoms with E-state index in [9.17, 15) is 9.59 Å². The van der Waals surface area contributed by atoms with Crippen molar-refractivity contribution < 1.29 is 19.1 Å². The summed E-state index contributed by atoms with van der Waals surface area (Å²) < 4.78 is 10.1. The first-order valence-corrected chi connectivity index (χ1v) is 6.66. The summed E-state index contributed by atoms with van der Waals surface area (Å²) in [5.74, 6) is 2.38. The standard InChI is InChI=1S/C11H15NO4S/c1-15-11(14)3-5-17-4-2-8-7-12-9(13)6-10(12)16-8/h2,10H,3-7H2,1H3/t10-/m1/s1. The van der Waals surface area contributed by atoms with Crippen molar-refractivity contribution in [1.82, 2.24) is 4.90 Å². The number of β-lactam (4-membered cyclic amide) rings is 1. The predicted molar refractivity (Wildman–Crippen MR) is 63.2 cm³/mol. The molecule has 0 N–H and O–H groups in total. The molecule has 2 aliphatic rings. The molecule has 2 heterocycles. The Morgan fingerprint density at radius 3 is 3.18 bits per heavy atom. The lowest BCUT2D eigenvalue weighted by Crippen LogP contribution is -2.48. The highest BCUT2D eigenvalue weighted by Gasteiger charge is 2.43. The van der Waals surface area contributed by atoms with Gasteiger partial charge in [0.1, 0.15) is 5.76 Å². The number of ether oxygens (including phenoxy) is 2. The minimum atomic E-state index is -0.183. The number of hydrogen-bond acceptors (Lipinski definition) is 5. The molecule has 5 nitrogen and oxygen atoms in total. The van der Waals surface area contributed by atoms with Crippen LogP contribution in [-0.2, 0) is 19.1 Å². The van der Waals surface area contributed by atoms with Crippen LogP contribution in [0.2, 0.25) is 0 Å². The first kappa shape index (κ1) is 12.3. The van der Waals surface area contributed by atoms with E-state index >= 15 is 0 Å². The van der Waals surface area contributed by atoms with Crippen molar-refractivity contribution in [1.29, 1.82) is 0 Å². The van der Waals surface area contributed by atoms with Crippen molar-refractivity contribution in [2.24, 2.45) is 0 Å². The van der Waals surface area contributed by atoms with Gasteiger partial charge in [-0.2, -0.15) is 11.8 Å². The number of carbonyl (C=O) groups is 2. The Balaban J connectivity index is 1.62. The van der Waals surface area contributed by atoms with Crippen LogP contribution < -0.4 is 0 Å². The Labute approximate surface area is 104 Å². The molecule has 1 atom stereocenters. The van der Waals surface area contributed by atoms with Crippen molar-refractivity contribution in [3.8, 4) is 0 Å². The van der Waals surface area contributed by atoms with Crippen LogP contribution in [0.4, 0.5) is 0 Å². The number of methoxy groups -OCH3 is 1. The molecule has 0 aromatic heterocycles. The van der Waals surface area contributed by atoms with Crippen LogP contribution in [0.1, 0.15) is 12.8 Å². The molecule has 6 heteroatoms. The number of hydrogen-bond donors (Lipinski definition) is 0. The maximum atomic E-state index is 11.1. The molecule has 0 radical (unpaired) electrons. The molecule has 2 saturated heterocycles. The van der Waals surface area contributed by atoms with E-state index in [0.717, 1.165) is 17.3 Å². The van der Waals surface area contributed by atoms with Gasteiger partial charge in [-0.1, -0.05) is 0 Å². The maximum Gasteiger partial charge on any atom is 0.306 e.